The molecule has 1 N–H and O–H groups in total. The highest BCUT2D eigenvalue weighted by Gasteiger charge is 2.28. The first kappa shape index (κ1) is 14.6. The molecule has 106 valence electrons. The summed E-state index contributed by atoms with van der Waals surface area (Å²) in [4.78, 5) is 0. The average molecular weight is 259 g/mol. The average Bonchev–Trinajstić information content (AvgIpc) is 2.39. The molecule has 0 spiro atoms. The van der Waals surface area contributed by atoms with E-state index >= 15 is 0 Å². The molecule has 1 aliphatic rings. The molecule has 1 fully saturated rings. The van der Waals surface area contributed by atoms with E-state index in [0.29, 0.717) is 12.1 Å². The first-order valence-corrected chi connectivity index (χ1v) is 7.90. The summed E-state index contributed by atoms with van der Waals surface area (Å²) in [7, 11) is 0. The summed E-state index contributed by atoms with van der Waals surface area (Å²) < 4.78 is 0. The Morgan fingerprint density at radius 1 is 1.11 bits per heavy atom. The van der Waals surface area contributed by atoms with Gasteiger partial charge in [-0.15, -0.1) is 0 Å². The third kappa shape index (κ3) is 3.82. The first-order chi connectivity index (χ1) is 9.08. The summed E-state index contributed by atoms with van der Waals surface area (Å²) in [5, 5.41) is 3.89. The van der Waals surface area contributed by atoms with E-state index in [2.05, 4.69) is 57.3 Å². The Kier molecular flexibility index (Phi) is 5.04. The van der Waals surface area contributed by atoms with E-state index in [1.54, 1.807) is 0 Å². The minimum Gasteiger partial charge on any atom is -0.307 e. The lowest BCUT2D eigenvalue weighted by molar-refractivity contribution is 0.195. The van der Waals surface area contributed by atoms with Crippen molar-refractivity contribution in [3.63, 3.8) is 0 Å². The molecule has 0 aromatic heterocycles. The van der Waals surface area contributed by atoms with Gasteiger partial charge in [0.15, 0.2) is 0 Å². The Morgan fingerprint density at radius 2 is 1.84 bits per heavy atom. The van der Waals surface area contributed by atoms with Gasteiger partial charge in [-0.05, 0) is 44.1 Å². The summed E-state index contributed by atoms with van der Waals surface area (Å²) in [5.74, 6) is 1.64. The molecule has 1 aliphatic carbocycles. The number of aryl methyl sites for hydroxylation is 1. The predicted molar refractivity (Wildman–Crippen MR) is 83.3 cm³/mol. The molecule has 0 aliphatic heterocycles. The Bertz CT molecular complexity index is 396. The summed E-state index contributed by atoms with van der Waals surface area (Å²) in [5.41, 5.74) is 2.78. The van der Waals surface area contributed by atoms with Gasteiger partial charge in [0.25, 0.3) is 0 Å². The van der Waals surface area contributed by atoms with Crippen LogP contribution in [-0.4, -0.2) is 6.04 Å². The molecule has 3 atom stereocenters. The van der Waals surface area contributed by atoms with Crippen molar-refractivity contribution in [3.8, 4) is 0 Å². The molecule has 1 nitrogen and oxygen atoms in total. The Morgan fingerprint density at radius 3 is 2.53 bits per heavy atom. The van der Waals surface area contributed by atoms with Crippen LogP contribution in [0.25, 0.3) is 0 Å². The fourth-order valence-corrected chi connectivity index (χ4v) is 3.52. The number of rotatable bonds is 4. The lowest BCUT2D eigenvalue weighted by atomic mass is 9.77. The highest BCUT2D eigenvalue weighted by atomic mass is 15.0. The largest absolute Gasteiger partial charge is 0.307 e. The molecule has 0 heterocycles. The molecular formula is C18H29N. The zero-order valence-electron chi connectivity index (χ0n) is 12.9. The predicted octanol–water partition coefficient (Wildman–Crippen LogP) is 4.86. The second-order valence-electron chi connectivity index (χ2n) is 6.60. The smallest absolute Gasteiger partial charge is 0.0294 e. The summed E-state index contributed by atoms with van der Waals surface area (Å²) in [6.45, 7) is 9.23. The van der Waals surface area contributed by atoms with Crippen molar-refractivity contribution in [2.24, 2.45) is 11.8 Å². The van der Waals surface area contributed by atoms with Crippen LogP contribution < -0.4 is 5.32 Å². The molecule has 0 bridgehead atoms. The van der Waals surface area contributed by atoms with Gasteiger partial charge in [0, 0.05) is 12.1 Å². The first-order valence-electron chi connectivity index (χ1n) is 7.90. The minimum absolute atomic E-state index is 0.462. The van der Waals surface area contributed by atoms with Crippen LogP contribution in [0.1, 0.15) is 63.6 Å². The van der Waals surface area contributed by atoms with Crippen LogP contribution >= 0.6 is 0 Å². The van der Waals surface area contributed by atoms with Crippen molar-refractivity contribution in [2.45, 2.75) is 65.5 Å². The molecule has 2 rings (SSSR count). The van der Waals surface area contributed by atoms with Gasteiger partial charge in [-0.25, -0.2) is 0 Å². The number of benzene rings is 1. The second-order valence-corrected chi connectivity index (χ2v) is 6.60. The van der Waals surface area contributed by atoms with Crippen molar-refractivity contribution in [1.29, 1.82) is 0 Å². The normalized spacial score (nSPS) is 25.5. The number of hydrogen-bond acceptors (Lipinski definition) is 1. The van der Waals surface area contributed by atoms with Gasteiger partial charge in [-0.1, -0.05) is 56.5 Å². The van der Waals surface area contributed by atoms with Gasteiger partial charge in [0.1, 0.15) is 0 Å². The van der Waals surface area contributed by atoms with E-state index in [1.165, 1.54) is 36.8 Å². The lowest BCUT2D eigenvalue weighted by Crippen LogP contribution is -2.42. The van der Waals surface area contributed by atoms with Gasteiger partial charge >= 0.3 is 0 Å². The van der Waals surface area contributed by atoms with Crippen LogP contribution in [0, 0.1) is 18.8 Å². The van der Waals surface area contributed by atoms with E-state index in [4.69, 9.17) is 0 Å². The van der Waals surface area contributed by atoms with Crippen LogP contribution in [0.4, 0.5) is 0 Å². The zero-order chi connectivity index (χ0) is 13.8. The second kappa shape index (κ2) is 6.56. The lowest BCUT2D eigenvalue weighted by Gasteiger charge is -2.37. The standard InChI is InChI=1S/C18H29N/c1-13(2)17-10-5-6-11-18(17)19-15(4)16-9-7-8-14(3)12-16/h7-9,12-13,15,17-19H,5-6,10-11H2,1-4H3. The maximum absolute atomic E-state index is 3.89. The van der Waals surface area contributed by atoms with Crippen molar-refractivity contribution < 1.29 is 0 Å². The van der Waals surface area contributed by atoms with Crippen LogP contribution in [0.2, 0.25) is 0 Å². The third-order valence-corrected chi connectivity index (χ3v) is 4.68. The maximum atomic E-state index is 3.89. The van der Waals surface area contributed by atoms with Crippen LogP contribution in [0.3, 0.4) is 0 Å². The van der Waals surface area contributed by atoms with E-state index < -0.39 is 0 Å². The van der Waals surface area contributed by atoms with E-state index in [9.17, 15) is 0 Å². The molecule has 1 saturated carbocycles. The molecule has 0 radical (unpaired) electrons. The SMILES string of the molecule is Cc1cccc(C(C)NC2CCCCC2C(C)C)c1. The Hall–Kier alpha value is -0.820. The molecule has 1 aromatic carbocycles. The fourth-order valence-electron chi connectivity index (χ4n) is 3.52. The van der Waals surface area contributed by atoms with Gasteiger partial charge in [0.2, 0.25) is 0 Å². The van der Waals surface area contributed by atoms with Gasteiger partial charge < -0.3 is 5.32 Å². The topological polar surface area (TPSA) is 12.0 Å². The zero-order valence-corrected chi connectivity index (χ0v) is 12.9. The monoisotopic (exact) mass is 259 g/mol. The van der Waals surface area contributed by atoms with Crippen molar-refractivity contribution in [2.75, 3.05) is 0 Å². The highest BCUT2D eigenvalue weighted by molar-refractivity contribution is 5.24. The number of hydrogen-bond donors (Lipinski definition) is 1. The number of nitrogens with one attached hydrogen (secondary N) is 1. The van der Waals surface area contributed by atoms with E-state index in [1.807, 2.05) is 0 Å². The van der Waals surface area contributed by atoms with Crippen molar-refractivity contribution in [3.05, 3.63) is 35.4 Å². The minimum atomic E-state index is 0.462. The quantitative estimate of drug-likeness (QED) is 0.814. The van der Waals surface area contributed by atoms with E-state index in [-0.39, 0.29) is 0 Å². The van der Waals surface area contributed by atoms with Crippen LogP contribution in [-0.2, 0) is 0 Å². The van der Waals surface area contributed by atoms with Crippen molar-refractivity contribution >= 4 is 0 Å². The summed E-state index contributed by atoms with van der Waals surface area (Å²) in [6, 6.07) is 10.1. The molecule has 1 heteroatoms. The van der Waals surface area contributed by atoms with Gasteiger partial charge in [0.05, 0.1) is 0 Å². The maximum Gasteiger partial charge on any atom is 0.0294 e. The van der Waals surface area contributed by atoms with Crippen molar-refractivity contribution in [1.82, 2.24) is 5.32 Å². The van der Waals surface area contributed by atoms with E-state index in [0.717, 1.165) is 11.8 Å². The van der Waals surface area contributed by atoms with Gasteiger partial charge in [-0.3, -0.25) is 0 Å². The third-order valence-electron chi connectivity index (χ3n) is 4.68. The highest BCUT2D eigenvalue weighted by Crippen LogP contribution is 2.31. The molecule has 19 heavy (non-hydrogen) atoms. The van der Waals surface area contributed by atoms with Crippen LogP contribution in [0.5, 0.6) is 0 Å². The molecule has 1 aromatic rings. The molecular weight excluding hydrogens is 230 g/mol. The summed E-state index contributed by atoms with van der Waals surface area (Å²) in [6.07, 6.45) is 5.55. The fraction of sp³-hybridized carbons (Fsp3) is 0.667. The molecule has 0 amide bonds. The van der Waals surface area contributed by atoms with Crippen LogP contribution in [0.15, 0.2) is 24.3 Å². The Labute approximate surface area is 118 Å². The molecule has 3 unspecified atom stereocenters. The Balaban J connectivity index is 2.02. The summed E-state index contributed by atoms with van der Waals surface area (Å²) >= 11 is 0. The van der Waals surface area contributed by atoms with Gasteiger partial charge in [-0.2, -0.15) is 0 Å². The molecule has 0 saturated heterocycles.